The van der Waals surface area contributed by atoms with Gasteiger partial charge in [-0.1, -0.05) is 0 Å². The minimum absolute atomic E-state index is 0.0427. The van der Waals surface area contributed by atoms with Crippen LogP contribution in [0, 0.1) is 0 Å². The van der Waals surface area contributed by atoms with Crippen LogP contribution in [0.5, 0.6) is 0 Å². The molecule has 0 aromatic heterocycles. The highest BCUT2D eigenvalue weighted by atomic mass is 32.2. The molecule has 2 saturated heterocycles. The van der Waals surface area contributed by atoms with E-state index in [0.29, 0.717) is 18.2 Å². The number of thioether (sulfide) groups is 1. The normalized spacial score (nSPS) is 27.4. The lowest BCUT2D eigenvalue weighted by atomic mass is 10.2. The number of hydrogen-bond acceptors (Lipinski definition) is 5. The topological polar surface area (TPSA) is 87.2 Å². The molecular weight excluding hydrogens is 272 g/mol. The molecule has 2 rings (SSSR count). The fourth-order valence-corrected chi connectivity index (χ4v) is 3.38. The van der Waals surface area contributed by atoms with Crippen LogP contribution in [-0.2, 0) is 19.1 Å². The van der Waals surface area contributed by atoms with Gasteiger partial charge in [-0.05, 0) is 0 Å². The SMILES string of the molecule is CC(=O)N1CSC[C@@H]1C(=O)N1CCO[C@@H](C(=O)O)C1. The van der Waals surface area contributed by atoms with Crippen LogP contribution in [0.25, 0.3) is 0 Å². The third-order valence-electron chi connectivity index (χ3n) is 3.23. The van der Waals surface area contributed by atoms with E-state index in [4.69, 9.17) is 9.84 Å². The molecule has 0 aromatic rings. The molecule has 0 unspecified atom stereocenters. The second-order valence-corrected chi connectivity index (χ2v) is 5.49. The van der Waals surface area contributed by atoms with Gasteiger partial charge in [0.15, 0.2) is 6.10 Å². The summed E-state index contributed by atoms with van der Waals surface area (Å²) < 4.78 is 5.08. The van der Waals surface area contributed by atoms with Crippen molar-refractivity contribution in [2.24, 2.45) is 0 Å². The lowest BCUT2D eigenvalue weighted by Gasteiger charge is -2.34. The van der Waals surface area contributed by atoms with Gasteiger partial charge in [-0.25, -0.2) is 4.79 Å². The Hall–Kier alpha value is -1.28. The summed E-state index contributed by atoms with van der Waals surface area (Å²) in [6, 6.07) is -0.477. The Morgan fingerprint density at radius 1 is 1.37 bits per heavy atom. The summed E-state index contributed by atoms with van der Waals surface area (Å²) in [5.41, 5.74) is 0. The van der Waals surface area contributed by atoms with E-state index in [1.165, 1.54) is 28.5 Å². The van der Waals surface area contributed by atoms with Crippen LogP contribution in [0.2, 0.25) is 0 Å². The second kappa shape index (κ2) is 5.79. The predicted molar refractivity (Wildman–Crippen MR) is 67.6 cm³/mol. The average molecular weight is 288 g/mol. The number of hydrogen-bond donors (Lipinski definition) is 1. The number of nitrogens with zero attached hydrogens (tertiary/aromatic N) is 2. The molecule has 2 aliphatic heterocycles. The molecule has 2 amide bonds. The zero-order valence-electron chi connectivity index (χ0n) is 10.6. The van der Waals surface area contributed by atoms with Crippen LogP contribution in [0.15, 0.2) is 0 Å². The third kappa shape index (κ3) is 3.01. The van der Waals surface area contributed by atoms with Crippen molar-refractivity contribution in [1.82, 2.24) is 9.80 Å². The molecule has 0 aromatic carbocycles. The summed E-state index contributed by atoms with van der Waals surface area (Å²) in [7, 11) is 0. The summed E-state index contributed by atoms with van der Waals surface area (Å²) in [5, 5.41) is 8.91. The molecule has 0 aliphatic carbocycles. The quantitative estimate of drug-likeness (QED) is 0.717. The van der Waals surface area contributed by atoms with Crippen LogP contribution < -0.4 is 0 Å². The highest BCUT2D eigenvalue weighted by Gasteiger charge is 2.38. The van der Waals surface area contributed by atoms with Crippen LogP contribution in [-0.4, -0.2) is 76.2 Å². The molecule has 0 saturated carbocycles. The summed E-state index contributed by atoms with van der Waals surface area (Å²) in [6.07, 6.45) is -0.975. The number of carboxylic acid groups (broad SMARTS) is 1. The van der Waals surface area contributed by atoms with Crippen molar-refractivity contribution in [3.05, 3.63) is 0 Å². The number of ether oxygens (including phenoxy) is 1. The number of carbonyl (C=O) groups excluding carboxylic acids is 2. The number of morpholine rings is 1. The Morgan fingerprint density at radius 3 is 2.74 bits per heavy atom. The monoisotopic (exact) mass is 288 g/mol. The molecule has 0 radical (unpaired) electrons. The van der Waals surface area contributed by atoms with Crippen molar-refractivity contribution >= 4 is 29.5 Å². The Kier molecular flexibility index (Phi) is 4.31. The Labute approximate surface area is 114 Å². The van der Waals surface area contributed by atoms with Gasteiger partial charge in [0, 0.05) is 19.2 Å². The molecule has 7 nitrogen and oxygen atoms in total. The van der Waals surface area contributed by atoms with Crippen LogP contribution in [0.3, 0.4) is 0 Å². The minimum atomic E-state index is -1.07. The minimum Gasteiger partial charge on any atom is -0.479 e. The average Bonchev–Trinajstić information content (AvgIpc) is 2.87. The number of amides is 2. The summed E-state index contributed by atoms with van der Waals surface area (Å²) >= 11 is 1.53. The fourth-order valence-electron chi connectivity index (χ4n) is 2.17. The van der Waals surface area contributed by atoms with Gasteiger partial charge in [0.05, 0.1) is 19.0 Å². The van der Waals surface area contributed by atoms with Crippen molar-refractivity contribution in [3.8, 4) is 0 Å². The second-order valence-electron chi connectivity index (χ2n) is 4.49. The maximum atomic E-state index is 12.4. The van der Waals surface area contributed by atoms with Crippen molar-refractivity contribution in [2.75, 3.05) is 31.3 Å². The molecule has 2 heterocycles. The number of aliphatic carboxylic acids is 1. The van der Waals surface area contributed by atoms with Gasteiger partial charge in [-0.3, -0.25) is 9.59 Å². The van der Waals surface area contributed by atoms with E-state index in [1.807, 2.05) is 0 Å². The first-order valence-electron chi connectivity index (χ1n) is 5.99. The summed E-state index contributed by atoms with van der Waals surface area (Å²) in [5.74, 6) is -0.311. The van der Waals surface area contributed by atoms with Crippen molar-refractivity contribution in [2.45, 2.75) is 19.1 Å². The molecule has 2 aliphatic rings. The van der Waals surface area contributed by atoms with Crippen LogP contribution in [0.4, 0.5) is 0 Å². The molecule has 0 bridgehead atoms. The van der Waals surface area contributed by atoms with Crippen molar-refractivity contribution < 1.29 is 24.2 Å². The molecular formula is C11H16N2O5S. The fraction of sp³-hybridized carbons (Fsp3) is 0.727. The number of carbonyl (C=O) groups is 3. The standard InChI is InChI=1S/C11H16N2O5S/c1-7(14)13-6-19-5-8(13)10(15)12-2-3-18-9(4-12)11(16)17/h8-9H,2-6H2,1H3,(H,16,17)/t8-,9-/m1/s1. The van der Waals surface area contributed by atoms with E-state index >= 15 is 0 Å². The molecule has 2 atom stereocenters. The molecule has 1 N–H and O–H groups in total. The van der Waals surface area contributed by atoms with Crippen molar-refractivity contribution in [3.63, 3.8) is 0 Å². The van der Waals surface area contributed by atoms with E-state index in [-0.39, 0.29) is 25.0 Å². The highest BCUT2D eigenvalue weighted by Crippen LogP contribution is 2.23. The summed E-state index contributed by atoms with van der Waals surface area (Å²) in [4.78, 5) is 37.7. The third-order valence-corrected chi connectivity index (χ3v) is 4.24. The van der Waals surface area contributed by atoms with E-state index in [1.54, 1.807) is 0 Å². The largest absolute Gasteiger partial charge is 0.479 e. The predicted octanol–water partition coefficient (Wildman–Crippen LogP) is -0.780. The molecule has 19 heavy (non-hydrogen) atoms. The van der Waals surface area contributed by atoms with E-state index in [9.17, 15) is 14.4 Å². The molecule has 0 spiro atoms. The maximum Gasteiger partial charge on any atom is 0.334 e. The summed E-state index contributed by atoms with van der Waals surface area (Å²) in [6.45, 7) is 2.06. The lowest BCUT2D eigenvalue weighted by molar-refractivity contribution is -0.161. The lowest BCUT2D eigenvalue weighted by Crippen LogP contribution is -2.54. The van der Waals surface area contributed by atoms with Gasteiger partial charge in [-0.15, -0.1) is 11.8 Å². The smallest absolute Gasteiger partial charge is 0.334 e. The van der Waals surface area contributed by atoms with Crippen molar-refractivity contribution in [1.29, 1.82) is 0 Å². The zero-order valence-corrected chi connectivity index (χ0v) is 11.4. The van der Waals surface area contributed by atoms with Gasteiger partial charge in [0.2, 0.25) is 11.8 Å². The van der Waals surface area contributed by atoms with Crippen LogP contribution >= 0.6 is 11.8 Å². The van der Waals surface area contributed by atoms with Gasteiger partial charge in [0.25, 0.3) is 0 Å². The first-order valence-corrected chi connectivity index (χ1v) is 7.14. The Bertz CT molecular complexity index is 403. The Morgan fingerprint density at radius 2 is 2.11 bits per heavy atom. The molecule has 106 valence electrons. The Balaban J connectivity index is 2.02. The molecule has 8 heteroatoms. The van der Waals surface area contributed by atoms with Gasteiger partial charge in [-0.2, -0.15) is 0 Å². The number of carboxylic acids is 1. The highest BCUT2D eigenvalue weighted by molar-refractivity contribution is 7.99. The van der Waals surface area contributed by atoms with E-state index in [2.05, 4.69) is 0 Å². The van der Waals surface area contributed by atoms with Crippen LogP contribution in [0.1, 0.15) is 6.92 Å². The van der Waals surface area contributed by atoms with Gasteiger partial charge < -0.3 is 19.6 Å². The maximum absolute atomic E-state index is 12.4. The first-order chi connectivity index (χ1) is 9.00. The van der Waals surface area contributed by atoms with E-state index in [0.717, 1.165) is 0 Å². The van der Waals surface area contributed by atoms with Gasteiger partial charge >= 0.3 is 5.97 Å². The molecule has 2 fully saturated rings. The van der Waals surface area contributed by atoms with Gasteiger partial charge in [0.1, 0.15) is 6.04 Å². The first kappa shape index (κ1) is 14.1. The zero-order chi connectivity index (χ0) is 14.0. The van der Waals surface area contributed by atoms with E-state index < -0.39 is 18.1 Å². The number of rotatable bonds is 2.